The Morgan fingerprint density at radius 1 is 1.56 bits per heavy atom. The molecule has 1 aromatic rings. The third-order valence-corrected chi connectivity index (χ3v) is 3.35. The van der Waals surface area contributed by atoms with Gasteiger partial charge < -0.3 is 5.32 Å². The van der Waals surface area contributed by atoms with Gasteiger partial charge in [0, 0.05) is 11.7 Å². The Hall–Kier alpha value is -2.16. The number of nitriles is 1. The van der Waals surface area contributed by atoms with Gasteiger partial charge in [0.15, 0.2) is 0 Å². The van der Waals surface area contributed by atoms with Gasteiger partial charge in [0.2, 0.25) is 5.82 Å². The molecular weight excluding hydrogens is 232 g/mol. The highest BCUT2D eigenvalue weighted by Crippen LogP contribution is 2.35. The third-order valence-electron chi connectivity index (χ3n) is 3.35. The zero-order valence-corrected chi connectivity index (χ0v) is 10.1. The highest BCUT2D eigenvalue weighted by Gasteiger charge is 2.32. The second kappa shape index (κ2) is 4.61. The SMILES string of the molecule is CC1(Nc2nccc(C#N)c2[N+](=O)[O-])CCCC1. The molecule has 0 bridgehead atoms. The van der Waals surface area contributed by atoms with E-state index < -0.39 is 4.92 Å². The Labute approximate surface area is 105 Å². The van der Waals surface area contributed by atoms with E-state index in [0.29, 0.717) is 0 Å². The summed E-state index contributed by atoms with van der Waals surface area (Å²) in [7, 11) is 0. The molecule has 1 N–H and O–H groups in total. The van der Waals surface area contributed by atoms with E-state index in [0.717, 1.165) is 25.7 Å². The van der Waals surface area contributed by atoms with E-state index in [-0.39, 0.29) is 22.6 Å². The molecular formula is C12H14N4O2. The van der Waals surface area contributed by atoms with E-state index >= 15 is 0 Å². The van der Waals surface area contributed by atoms with E-state index in [4.69, 9.17) is 5.26 Å². The van der Waals surface area contributed by atoms with Gasteiger partial charge in [0.25, 0.3) is 0 Å². The Morgan fingerprint density at radius 2 is 2.22 bits per heavy atom. The fourth-order valence-corrected chi connectivity index (χ4v) is 2.39. The minimum Gasteiger partial charge on any atom is -0.359 e. The molecule has 6 nitrogen and oxygen atoms in total. The first-order valence-electron chi connectivity index (χ1n) is 5.87. The van der Waals surface area contributed by atoms with Crippen LogP contribution < -0.4 is 5.32 Å². The number of anilines is 1. The maximum atomic E-state index is 11.1. The maximum absolute atomic E-state index is 11.1. The standard InChI is InChI=1S/C12H14N4O2/c1-12(5-2-3-6-12)15-11-10(16(17)18)9(8-13)4-7-14-11/h4,7H,2-3,5-6H2,1H3,(H,14,15). The van der Waals surface area contributed by atoms with Crippen molar-refractivity contribution < 1.29 is 4.92 Å². The van der Waals surface area contributed by atoms with Crippen LogP contribution in [0.2, 0.25) is 0 Å². The van der Waals surface area contributed by atoms with Crippen LogP contribution >= 0.6 is 0 Å². The second-order valence-corrected chi connectivity index (χ2v) is 4.82. The molecule has 0 spiro atoms. The van der Waals surface area contributed by atoms with Gasteiger partial charge in [0.1, 0.15) is 11.6 Å². The summed E-state index contributed by atoms with van der Waals surface area (Å²) in [5, 5.41) is 23.1. The van der Waals surface area contributed by atoms with Crippen LogP contribution in [0.1, 0.15) is 38.2 Å². The van der Waals surface area contributed by atoms with E-state index in [1.807, 2.05) is 13.0 Å². The summed E-state index contributed by atoms with van der Waals surface area (Å²) >= 11 is 0. The normalized spacial score (nSPS) is 17.1. The zero-order chi connectivity index (χ0) is 13.2. The van der Waals surface area contributed by atoms with E-state index in [9.17, 15) is 10.1 Å². The lowest BCUT2D eigenvalue weighted by Crippen LogP contribution is -2.31. The van der Waals surface area contributed by atoms with Crippen LogP contribution in [0.25, 0.3) is 0 Å². The average Bonchev–Trinajstić information content (AvgIpc) is 2.75. The number of nitro groups is 1. The Bertz CT molecular complexity index is 515. The van der Waals surface area contributed by atoms with Gasteiger partial charge in [-0.25, -0.2) is 4.98 Å². The van der Waals surface area contributed by atoms with Crippen molar-refractivity contribution in [2.45, 2.75) is 38.1 Å². The van der Waals surface area contributed by atoms with Gasteiger partial charge in [-0.15, -0.1) is 0 Å². The lowest BCUT2D eigenvalue weighted by Gasteiger charge is -2.25. The van der Waals surface area contributed by atoms with Crippen molar-refractivity contribution in [3.63, 3.8) is 0 Å². The fraction of sp³-hybridized carbons (Fsp3) is 0.500. The van der Waals surface area contributed by atoms with E-state index in [2.05, 4.69) is 10.3 Å². The van der Waals surface area contributed by atoms with Gasteiger partial charge in [-0.1, -0.05) is 12.8 Å². The molecule has 0 radical (unpaired) electrons. The molecule has 2 rings (SSSR count). The number of hydrogen-bond acceptors (Lipinski definition) is 5. The summed E-state index contributed by atoms with van der Waals surface area (Å²) in [5.41, 5.74) is -0.349. The predicted molar refractivity (Wildman–Crippen MR) is 66.1 cm³/mol. The summed E-state index contributed by atoms with van der Waals surface area (Å²) in [6.07, 6.45) is 5.56. The minimum absolute atomic E-state index is 0.0408. The summed E-state index contributed by atoms with van der Waals surface area (Å²) in [5.74, 6) is 0.198. The van der Waals surface area contributed by atoms with Crippen molar-refractivity contribution in [3.05, 3.63) is 27.9 Å². The van der Waals surface area contributed by atoms with Gasteiger partial charge in [-0.2, -0.15) is 5.26 Å². The van der Waals surface area contributed by atoms with E-state index in [1.165, 1.54) is 12.3 Å². The molecule has 6 heteroatoms. The van der Waals surface area contributed by atoms with Crippen LogP contribution in [0.3, 0.4) is 0 Å². The van der Waals surface area contributed by atoms with Crippen LogP contribution in [0.15, 0.2) is 12.3 Å². The molecule has 1 saturated carbocycles. The third kappa shape index (κ3) is 2.25. The second-order valence-electron chi connectivity index (χ2n) is 4.82. The van der Waals surface area contributed by atoms with Crippen molar-refractivity contribution >= 4 is 11.5 Å². The van der Waals surface area contributed by atoms with Crippen molar-refractivity contribution in [2.24, 2.45) is 0 Å². The summed E-state index contributed by atoms with van der Waals surface area (Å²) in [6.45, 7) is 2.03. The Balaban J connectivity index is 2.39. The maximum Gasteiger partial charge on any atom is 0.328 e. The molecule has 0 amide bonds. The predicted octanol–water partition coefficient (Wildman–Crippen LogP) is 2.61. The largest absolute Gasteiger partial charge is 0.359 e. The van der Waals surface area contributed by atoms with Crippen LogP contribution in [0.4, 0.5) is 11.5 Å². The van der Waals surface area contributed by atoms with Crippen LogP contribution in [0, 0.1) is 21.4 Å². The lowest BCUT2D eigenvalue weighted by atomic mass is 10.0. The number of aromatic nitrogens is 1. The Morgan fingerprint density at radius 3 is 2.78 bits per heavy atom. The highest BCUT2D eigenvalue weighted by molar-refractivity contribution is 5.64. The van der Waals surface area contributed by atoms with Crippen LogP contribution in [0.5, 0.6) is 0 Å². The van der Waals surface area contributed by atoms with Gasteiger partial charge in [0.05, 0.1) is 4.92 Å². The molecule has 0 aliphatic heterocycles. The molecule has 1 fully saturated rings. The molecule has 0 atom stereocenters. The molecule has 94 valence electrons. The van der Waals surface area contributed by atoms with Crippen molar-refractivity contribution in [1.29, 1.82) is 5.26 Å². The number of pyridine rings is 1. The molecule has 1 aliphatic carbocycles. The van der Waals surface area contributed by atoms with Gasteiger partial charge in [-0.05, 0) is 25.8 Å². The number of rotatable bonds is 3. The first-order valence-corrected chi connectivity index (χ1v) is 5.87. The summed E-state index contributed by atoms with van der Waals surface area (Å²) < 4.78 is 0. The fourth-order valence-electron chi connectivity index (χ4n) is 2.39. The van der Waals surface area contributed by atoms with Gasteiger partial charge in [-0.3, -0.25) is 10.1 Å². The highest BCUT2D eigenvalue weighted by atomic mass is 16.6. The average molecular weight is 246 g/mol. The van der Waals surface area contributed by atoms with Crippen LogP contribution in [-0.2, 0) is 0 Å². The topological polar surface area (TPSA) is 91.8 Å². The van der Waals surface area contributed by atoms with E-state index in [1.54, 1.807) is 0 Å². The summed E-state index contributed by atoms with van der Waals surface area (Å²) in [4.78, 5) is 14.5. The first-order chi connectivity index (χ1) is 8.56. The zero-order valence-electron chi connectivity index (χ0n) is 10.1. The molecule has 18 heavy (non-hydrogen) atoms. The lowest BCUT2D eigenvalue weighted by molar-refractivity contribution is -0.384. The summed E-state index contributed by atoms with van der Waals surface area (Å²) in [6, 6.07) is 3.19. The van der Waals surface area contributed by atoms with Crippen LogP contribution in [-0.4, -0.2) is 15.4 Å². The molecule has 0 unspecified atom stereocenters. The molecule has 1 aliphatic rings. The molecule has 0 aromatic carbocycles. The molecule has 0 saturated heterocycles. The number of hydrogen-bond donors (Lipinski definition) is 1. The number of nitrogens with zero attached hydrogens (tertiary/aromatic N) is 3. The van der Waals surface area contributed by atoms with Crippen molar-refractivity contribution in [3.8, 4) is 6.07 Å². The smallest absolute Gasteiger partial charge is 0.328 e. The van der Waals surface area contributed by atoms with Crippen molar-refractivity contribution in [1.82, 2.24) is 4.98 Å². The van der Waals surface area contributed by atoms with Crippen molar-refractivity contribution in [2.75, 3.05) is 5.32 Å². The number of nitrogens with one attached hydrogen (secondary N) is 1. The Kier molecular flexibility index (Phi) is 3.15. The minimum atomic E-state index is -0.549. The monoisotopic (exact) mass is 246 g/mol. The quantitative estimate of drug-likeness (QED) is 0.653. The first kappa shape index (κ1) is 12.3. The van der Waals surface area contributed by atoms with Gasteiger partial charge >= 0.3 is 5.69 Å². The molecule has 1 heterocycles. The molecule has 1 aromatic heterocycles.